The lowest BCUT2D eigenvalue weighted by Gasteiger charge is -2.29. The van der Waals surface area contributed by atoms with Crippen molar-refractivity contribution in [3.63, 3.8) is 0 Å². The van der Waals surface area contributed by atoms with Gasteiger partial charge in [-0.1, -0.05) is 46.2 Å². The second kappa shape index (κ2) is 7.97. The van der Waals surface area contributed by atoms with Gasteiger partial charge >= 0.3 is 5.97 Å². The van der Waals surface area contributed by atoms with Gasteiger partial charge in [-0.15, -0.1) is 0 Å². The molecule has 0 saturated carbocycles. The Morgan fingerprint density at radius 2 is 1.73 bits per heavy atom. The molecule has 0 aliphatic rings. The molecule has 4 nitrogen and oxygen atoms in total. The molecule has 22 heavy (non-hydrogen) atoms. The first-order valence-corrected chi connectivity index (χ1v) is 7.88. The van der Waals surface area contributed by atoms with Crippen LogP contribution in [0.1, 0.15) is 52.5 Å². The number of hydrogen-bond acceptors (Lipinski definition) is 2. The summed E-state index contributed by atoms with van der Waals surface area (Å²) >= 11 is 0. The molecule has 1 aromatic rings. The highest BCUT2D eigenvalue weighted by atomic mass is 16.4. The topological polar surface area (TPSA) is 57.6 Å². The summed E-state index contributed by atoms with van der Waals surface area (Å²) in [5, 5.41) is 8.90. The summed E-state index contributed by atoms with van der Waals surface area (Å²) in [4.78, 5) is 25.0. The highest BCUT2D eigenvalue weighted by Gasteiger charge is 2.28. The highest BCUT2D eigenvalue weighted by Crippen LogP contribution is 2.24. The molecule has 0 aromatic heterocycles. The molecule has 0 fully saturated rings. The van der Waals surface area contributed by atoms with Crippen molar-refractivity contribution < 1.29 is 14.7 Å². The van der Waals surface area contributed by atoms with E-state index in [1.54, 1.807) is 4.90 Å². The number of aryl methyl sites for hydroxylation is 1. The third kappa shape index (κ3) is 5.51. The van der Waals surface area contributed by atoms with E-state index < -0.39 is 11.4 Å². The minimum atomic E-state index is -0.897. The van der Waals surface area contributed by atoms with Gasteiger partial charge in [0.25, 0.3) is 0 Å². The third-order valence-electron chi connectivity index (χ3n) is 3.50. The van der Waals surface area contributed by atoms with Crippen LogP contribution in [0.3, 0.4) is 0 Å². The van der Waals surface area contributed by atoms with Crippen molar-refractivity contribution in [3.05, 3.63) is 29.8 Å². The van der Waals surface area contributed by atoms with E-state index in [0.29, 0.717) is 0 Å². The van der Waals surface area contributed by atoms with Gasteiger partial charge in [-0.25, -0.2) is 0 Å². The Bertz CT molecular complexity index is 500. The van der Waals surface area contributed by atoms with Crippen LogP contribution in [0, 0.1) is 5.41 Å². The van der Waals surface area contributed by atoms with E-state index in [-0.39, 0.29) is 18.9 Å². The van der Waals surface area contributed by atoms with Crippen molar-refractivity contribution in [2.45, 2.75) is 53.4 Å². The Balaban J connectivity index is 2.94. The Morgan fingerprint density at radius 3 is 2.18 bits per heavy atom. The SMILES string of the molecule is CCCCc1ccc(N(CCC(=O)O)C(=O)C(C)(C)C)cc1. The Kier molecular flexibility index (Phi) is 6.60. The fourth-order valence-corrected chi connectivity index (χ4v) is 2.18. The summed E-state index contributed by atoms with van der Waals surface area (Å²) < 4.78 is 0. The zero-order chi connectivity index (χ0) is 16.8. The van der Waals surface area contributed by atoms with E-state index in [1.807, 2.05) is 45.0 Å². The predicted octanol–water partition coefficient (Wildman–Crippen LogP) is 3.88. The molecule has 0 saturated heterocycles. The van der Waals surface area contributed by atoms with Gasteiger partial charge in [0.1, 0.15) is 0 Å². The summed E-state index contributed by atoms with van der Waals surface area (Å²) in [6, 6.07) is 7.87. The van der Waals surface area contributed by atoms with E-state index in [2.05, 4.69) is 6.92 Å². The minimum Gasteiger partial charge on any atom is -0.481 e. The molecule has 0 spiro atoms. The quantitative estimate of drug-likeness (QED) is 0.831. The van der Waals surface area contributed by atoms with Crippen molar-refractivity contribution in [1.29, 1.82) is 0 Å². The second-order valence-electron chi connectivity index (χ2n) is 6.62. The molecule has 1 rings (SSSR count). The number of benzene rings is 1. The van der Waals surface area contributed by atoms with E-state index in [4.69, 9.17) is 5.11 Å². The monoisotopic (exact) mass is 305 g/mol. The maximum absolute atomic E-state index is 12.6. The number of unbranched alkanes of at least 4 members (excludes halogenated alkanes) is 1. The summed E-state index contributed by atoms with van der Waals surface area (Å²) in [7, 11) is 0. The third-order valence-corrected chi connectivity index (χ3v) is 3.50. The van der Waals surface area contributed by atoms with Crippen LogP contribution < -0.4 is 4.90 Å². The molecule has 0 heterocycles. The average Bonchev–Trinajstić information content (AvgIpc) is 2.45. The first-order chi connectivity index (χ1) is 10.3. The first kappa shape index (κ1) is 18.2. The molecule has 0 atom stereocenters. The van der Waals surface area contributed by atoms with Crippen LogP contribution in [0.5, 0.6) is 0 Å². The van der Waals surface area contributed by atoms with Crippen molar-refractivity contribution in [3.8, 4) is 0 Å². The Hall–Kier alpha value is -1.84. The predicted molar refractivity (Wildman–Crippen MR) is 89.1 cm³/mol. The number of carbonyl (C=O) groups is 2. The molecule has 0 aliphatic carbocycles. The smallest absolute Gasteiger partial charge is 0.305 e. The lowest BCUT2D eigenvalue weighted by Crippen LogP contribution is -2.40. The summed E-state index contributed by atoms with van der Waals surface area (Å²) in [6.45, 7) is 7.89. The van der Waals surface area contributed by atoms with E-state index >= 15 is 0 Å². The average molecular weight is 305 g/mol. The maximum Gasteiger partial charge on any atom is 0.305 e. The minimum absolute atomic E-state index is 0.0561. The fourth-order valence-electron chi connectivity index (χ4n) is 2.18. The van der Waals surface area contributed by atoms with Gasteiger partial charge in [-0.2, -0.15) is 0 Å². The number of carboxylic acid groups (broad SMARTS) is 1. The zero-order valence-corrected chi connectivity index (χ0v) is 14.1. The standard InChI is InChI=1S/C18H27NO3/c1-5-6-7-14-8-10-15(11-9-14)19(13-12-16(20)21)17(22)18(2,3)4/h8-11H,5-7,12-13H2,1-4H3,(H,20,21). The van der Waals surface area contributed by atoms with Crippen LogP contribution in [0.25, 0.3) is 0 Å². The van der Waals surface area contributed by atoms with Gasteiger partial charge in [0.2, 0.25) is 5.91 Å². The van der Waals surface area contributed by atoms with Crippen LogP contribution in [0.15, 0.2) is 24.3 Å². The van der Waals surface area contributed by atoms with Gasteiger partial charge in [-0.3, -0.25) is 9.59 Å². The van der Waals surface area contributed by atoms with Gasteiger partial charge in [-0.05, 0) is 30.5 Å². The highest BCUT2D eigenvalue weighted by molar-refractivity contribution is 5.97. The van der Waals surface area contributed by atoms with E-state index in [1.165, 1.54) is 5.56 Å². The van der Waals surface area contributed by atoms with Crippen molar-refractivity contribution in [1.82, 2.24) is 0 Å². The molecule has 0 unspecified atom stereocenters. The summed E-state index contributed by atoms with van der Waals surface area (Å²) in [5.41, 5.74) is 1.47. The number of carbonyl (C=O) groups excluding carboxylic acids is 1. The molecule has 1 N–H and O–H groups in total. The maximum atomic E-state index is 12.6. The second-order valence-corrected chi connectivity index (χ2v) is 6.62. The molecule has 1 aromatic carbocycles. The Morgan fingerprint density at radius 1 is 1.14 bits per heavy atom. The molecule has 0 aliphatic heterocycles. The fraction of sp³-hybridized carbons (Fsp3) is 0.556. The number of aliphatic carboxylic acids is 1. The van der Waals surface area contributed by atoms with Gasteiger partial charge in [0, 0.05) is 17.6 Å². The largest absolute Gasteiger partial charge is 0.481 e. The van der Waals surface area contributed by atoms with Crippen molar-refractivity contribution >= 4 is 17.6 Å². The van der Waals surface area contributed by atoms with Crippen LogP contribution in [0.2, 0.25) is 0 Å². The molecule has 0 bridgehead atoms. The molecule has 0 radical (unpaired) electrons. The number of carboxylic acids is 1. The number of rotatable bonds is 7. The lowest BCUT2D eigenvalue weighted by molar-refractivity contribution is -0.136. The zero-order valence-electron chi connectivity index (χ0n) is 14.1. The van der Waals surface area contributed by atoms with Crippen LogP contribution >= 0.6 is 0 Å². The van der Waals surface area contributed by atoms with Gasteiger partial charge in [0.05, 0.1) is 6.42 Å². The van der Waals surface area contributed by atoms with E-state index in [0.717, 1.165) is 24.9 Å². The van der Waals surface area contributed by atoms with Crippen LogP contribution in [-0.4, -0.2) is 23.5 Å². The Labute approximate surface area is 133 Å². The number of amides is 1. The van der Waals surface area contributed by atoms with E-state index in [9.17, 15) is 9.59 Å². The van der Waals surface area contributed by atoms with Crippen molar-refractivity contribution in [2.75, 3.05) is 11.4 Å². The van der Waals surface area contributed by atoms with Crippen LogP contribution in [0.4, 0.5) is 5.69 Å². The van der Waals surface area contributed by atoms with Crippen molar-refractivity contribution in [2.24, 2.45) is 5.41 Å². The molecular weight excluding hydrogens is 278 g/mol. The molecule has 4 heteroatoms. The van der Waals surface area contributed by atoms with Gasteiger partial charge in [0.15, 0.2) is 0 Å². The lowest BCUT2D eigenvalue weighted by atomic mass is 9.94. The summed E-state index contributed by atoms with van der Waals surface area (Å²) in [5.74, 6) is -0.957. The molecule has 1 amide bonds. The number of nitrogens with zero attached hydrogens (tertiary/aromatic N) is 1. The first-order valence-electron chi connectivity index (χ1n) is 7.88. The summed E-state index contributed by atoms with van der Waals surface area (Å²) in [6.07, 6.45) is 3.26. The number of anilines is 1. The molecule has 122 valence electrons. The molecular formula is C18H27NO3. The van der Waals surface area contributed by atoms with Crippen LogP contribution in [-0.2, 0) is 16.0 Å². The number of hydrogen-bond donors (Lipinski definition) is 1. The van der Waals surface area contributed by atoms with Gasteiger partial charge < -0.3 is 10.0 Å². The normalized spacial score (nSPS) is 11.3.